The molecule has 0 spiro atoms. The number of anilines is 1. The average Bonchev–Trinajstić information content (AvgIpc) is 1.40. The van der Waals surface area contributed by atoms with E-state index in [0.29, 0.717) is 61.8 Å². The summed E-state index contributed by atoms with van der Waals surface area (Å²) in [6.45, 7) is 45.5. The second kappa shape index (κ2) is 41.7. The Morgan fingerprint density at radius 3 is 1.66 bits per heavy atom. The molecule has 1 N–H and O–H groups in total. The van der Waals surface area contributed by atoms with Crippen molar-refractivity contribution in [3.63, 3.8) is 0 Å². The third-order valence-corrected chi connectivity index (χ3v) is 28.1. The molecule has 722 valence electrons. The molecule has 134 heavy (non-hydrogen) atoms. The van der Waals surface area contributed by atoms with Crippen molar-refractivity contribution in [3.8, 4) is 62.5 Å². The largest absolute Gasteiger partial charge is 0.493 e. The number of ether oxygens (including phenoxy) is 8. The van der Waals surface area contributed by atoms with Crippen LogP contribution in [0.25, 0.3) is 22.3 Å². The minimum Gasteiger partial charge on any atom is -0.493 e. The van der Waals surface area contributed by atoms with E-state index in [0.717, 1.165) is 205 Å². The lowest BCUT2D eigenvalue weighted by Crippen LogP contribution is -2.62. The van der Waals surface area contributed by atoms with Gasteiger partial charge >= 0.3 is 6.09 Å². The Hall–Kier alpha value is -9.64. The summed E-state index contributed by atoms with van der Waals surface area (Å²) in [7, 11) is 1.69. The Labute approximate surface area is 801 Å². The van der Waals surface area contributed by atoms with Crippen molar-refractivity contribution in [2.45, 2.75) is 312 Å². The van der Waals surface area contributed by atoms with Gasteiger partial charge in [0.1, 0.15) is 51.5 Å². The lowest BCUT2D eigenvalue weighted by molar-refractivity contribution is -0.119. The van der Waals surface area contributed by atoms with Crippen LogP contribution in [-0.2, 0) is 78.4 Å². The molecule has 0 saturated heterocycles. The van der Waals surface area contributed by atoms with Gasteiger partial charge in [-0.25, -0.2) is 4.79 Å². The molecule has 6 aliphatic carbocycles. The zero-order valence-electron chi connectivity index (χ0n) is 83.5. The summed E-state index contributed by atoms with van der Waals surface area (Å²) in [5.41, 5.74) is 18.7. The molecule has 3 atom stereocenters. The number of carbonyl (C=O) groups is 7. The Kier molecular flexibility index (Phi) is 31.2. The van der Waals surface area contributed by atoms with E-state index in [1.807, 2.05) is 111 Å². The third-order valence-electron chi connectivity index (χ3n) is 27.7. The minimum absolute atomic E-state index is 0.00608. The van der Waals surface area contributed by atoms with Crippen molar-refractivity contribution >= 4 is 58.2 Å². The number of halogens is 1. The quantitative estimate of drug-likeness (QED) is 0.0532. The number of carbonyl (C=O) groups excluding carboxylic acids is 7. The van der Waals surface area contributed by atoms with Crippen molar-refractivity contribution in [2.75, 3.05) is 84.4 Å². The van der Waals surface area contributed by atoms with Crippen LogP contribution in [0.1, 0.15) is 294 Å². The zero-order valence-corrected chi connectivity index (χ0v) is 84.3. The first kappa shape index (κ1) is 100. The van der Waals surface area contributed by atoms with Crippen LogP contribution in [0.3, 0.4) is 0 Å². The van der Waals surface area contributed by atoms with Crippen LogP contribution in [0, 0.1) is 17.8 Å². The molecule has 7 aromatic carbocycles. The monoisotopic (exact) mass is 1850 g/mol. The number of amides is 2. The molecule has 0 aromatic heterocycles. The van der Waals surface area contributed by atoms with Crippen molar-refractivity contribution in [1.29, 1.82) is 0 Å². The summed E-state index contributed by atoms with van der Waals surface area (Å²) in [6.07, 6.45) is 18.8. The lowest BCUT2D eigenvalue weighted by Gasteiger charge is -2.60. The number of hydrogen-bond donors (Lipinski definition) is 1. The van der Waals surface area contributed by atoms with Crippen LogP contribution >= 0.6 is 11.6 Å². The lowest BCUT2D eigenvalue weighted by atomic mass is 9.52. The third kappa shape index (κ3) is 24.5. The number of hydrogen-bond acceptors (Lipinski definition) is 19. The summed E-state index contributed by atoms with van der Waals surface area (Å²) >= 11 is 6.93. The van der Waals surface area contributed by atoms with Gasteiger partial charge in [-0.15, -0.1) is 0 Å². The second-order valence-corrected chi connectivity index (χ2v) is 43.8. The van der Waals surface area contributed by atoms with E-state index >= 15 is 0 Å². The highest BCUT2D eigenvalue weighted by atomic mass is 35.5. The van der Waals surface area contributed by atoms with Crippen LogP contribution in [0.5, 0.6) is 40.2 Å². The van der Waals surface area contributed by atoms with E-state index in [-0.39, 0.29) is 75.7 Å². The van der Waals surface area contributed by atoms with Gasteiger partial charge in [0.05, 0.1) is 31.6 Å². The van der Waals surface area contributed by atoms with Gasteiger partial charge in [-0.2, -0.15) is 0 Å². The van der Waals surface area contributed by atoms with Gasteiger partial charge in [0.15, 0.2) is 34.5 Å². The molecule has 0 radical (unpaired) electrons. The summed E-state index contributed by atoms with van der Waals surface area (Å²) < 4.78 is 48.1. The molecule has 22 heteroatoms. The smallest absolute Gasteiger partial charge is 0.410 e. The van der Waals surface area contributed by atoms with E-state index < -0.39 is 17.2 Å². The highest BCUT2D eigenvalue weighted by Crippen LogP contribution is 2.60. The molecular weight excluding hydrogens is 1700 g/mol. The van der Waals surface area contributed by atoms with Crippen molar-refractivity contribution in [1.82, 2.24) is 24.5 Å². The molecule has 4 bridgehead atoms. The van der Waals surface area contributed by atoms with E-state index in [1.54, 1.807) is 41.7 Å². The first-order valence-corrected chi connectivity index (χ1v) is 49.8. The normalized spacial score (nSPS) is 21.3. The summed E-state index contributed by atoms with van der Waals surface area (Å²) in [5.74, 6) is 7.83. The maximum absolute atomic E-state index is 13.0. The highest BCUT2D eigenvalue weighted by molar-refractivity contribution is 6.33. The molecule has 7 aromatic rings. The first-order valence-electron chi connectivity index (χ1n) is 49.4. The van der Waals surface area contributed by atoms with Gasteiger partial charge in [-0.1, -0.05) is 91.3 Å². The Morgan fingerprint density at radius 1 is 0.552 bits per heavy atom. The van der Waals surface area contributed by atoms with Crippen molar-refractivity contribution in [3.05, 3.63) is 175 Å². The number of rotatable bonds is 26. The summed E-state index contributed by atoms with van der Waals surface area (Å²) in [6, 6.07) is 38.6. The fraction of sp³-hybridized carbons (Fsp3) is 0.562. The van der Waals surface area contributed by atoms with Gasteiger partial charge < -0.3 is 72.3 Å². The molecule has 4 fully saturated rings. The van der Waals surface area contributed by atoms with Crippen molar-refractivity contribution in [2.24, 2.45) is 17.8 Å². The number of nitrogens with zero attached hydrogens (tertiary/aromatic N) is 5. The van der Waals surface area contributed by atoms with E-state index in [1.165, 1.54) is 86.0 Å². The van der Waals surface area contributed by atoms with Gasteiger partial charge in [-0.05, 0) is 346 Å². The highest BCUT2D eigenvalue weighted by Gasteiger charge is 2.56. The van der Waals surface area contributed by atoms with E-state index in [9.17, 15) is 33.6 Å². The minimum atomic E-state index is -0.730. The topological polar surface area (TPSA) is 222 Å². The van der Waals surface area contributed by atoms with Gasteiger partial charge in [-0.3, -0.25) is 24.2 Å². The number of Topliss-reactive ketones (excluding diaryl/α,β-unsaturated/α-hetero) is 5. The fourth-order valence-electron chi connectivity index (χ4n) is 22.9. The van der Waals surface area contributed by atoms with Gasteiger partial charge in [0.25, 0.3) is 0 Å². The van der Waals surface area contributed by atoms with Crippen LogP contribution in [0.2, 0.25) is 5.02 Å². The first-order chi connectivity index (χ1) is 63.4. The molecule has 6 heterocycles. The molecule has 2 amide bonds. The van der Waals surface area contributed by atoms with Gasteiger partial charge in [0.2, 0.25) is 17.5 Å². The molecular formula is C112H147ClN6O15. The van der Waals surface area contributed by atoms with Crippen LogP contribution in [0.15, 0.2) is 109 Å². The summed E-state index contributed by atoms with van der Waals surface area (Å²) in [4.78, 5) is 93.6. The molecule has 6 aliphatic heterocycles. The summed E-state index contributed by atoms with van der Waals surface area (Å²) in [5, 5.41) is 3.56. The number of methoxy groups -OCH3 is 1. The second-order valence-electron chi connectivity index (χ2n) is 43.4. The maximum atomic E-state index is 13.0. The van der Waals surface area contributed by atoms with E-state index in [4.69, 9.17) is 49.5 Å². The van der Waals surface area contributed by atoms with Crippen molar-refractivity contribution < 1.29 is 71.5 Å². The Morgan fingerprint density at radius 2 is 1.10 bits per heavy atom. The number of ketones is 5. The standard InChI is InChI=1S/C28H36ClNO4.C24H29NO3.C22H23NO3.C20H33NO3.C18H26N2O2/c1-18(31)8-7-14-30-15-13-21-22(16-24-26(25(21)29)34-28(5,6)33-24)23(17-30)19-9-11-20(12-10-19)32-27(2,3)4;1-15(26)14-25-12-11-16-7-6-8-18-21(16)19(25)13-17-9-10-20(27-5)23(22(17)18)28-24(2,3)4;1-13(24)12-23-10-9-14-5-4-6-16-19(14)17(23)11-15-7-8-18-21(20(15)16)26-22(2,3)25-18;1-14(22)6-5-7-21(18(23)24-19(2,3)4)20-11-15-8-16(12-20)10-17(9-15)13-20;1-3-10-20(11-5-6-14(2)21)12-9-15-7-4-8-17-16(15)13-18(22)19-17/h9-12,16,23H,7-8,13-15,17H2,1-6H3;6-10,19H,11-14H2,1-5H3;4-8,17H,9-12H2,1-3H3;15-17H,5-13H2,1-4H3;4,7-8H,3,5-6,9-13H2,1-2H3,(H,19,22)/t;19-;17-;;/m.11../s1. The molecule has 19 rings (SSSR count). The molecule has 1 unspecified atom stereocenters. The van der Waals surface area contributed by atoms with Crippen LogP contribution in [0.4, 0.5) is 10.5 Å². The molecule has 21 nitrogen and oxygen atoms in total. The van der Waals surface area contributed by atoms with Crippen LogP contribution < -0.4 is 38.5 Å². The number of nitrogens with one attached hydrogen (secondary N) is 1. The Balaban J connectivity index is 0.000000135. The van der Waals surface area contributed by atoms with Crippen LogP contribution in [-0.4, -0.2) is 178 Å². The average molecular weight is 1850 g/mol. The predicted molar refractivity (Wildman–Crippen MR) is 529 cm³/mol. The SMILES string of the molecule is CC(=O)CCCN(C(=O)OC(C)(C)C)C12CC3CC(CC(C3)C1)C2.CC(=O)CCCN1CCc2c(cc3c(c2Cl)OC(C)(C)O3)C(c2ccc(OC(C)(C)C)cc2)C1.CC(=O)CN1CCc2cccc3c2[C@H]1Cc1ccc2c(c1-3)OC(C)(C)O2.CCCN(CCCC(C)=O)CCc1cccc2c1CC(=O)N2.COc1ccc2c(c1OC(C)(C)C)-c1cccc3c1[C@@H](C2)N(CC(C)=O)CC3. The number of fused-ring (bicyclic) bond motifs is 9. The van der Waals surface area contributed by atoms with Gasteiger partial charge in [0, 0.05) is 127 Å². The molecule has 12 aliphatic rings. The predicted octanol–water partition coefficient (Wildman–Crippen LogP) is 22.2. The number of benzene rings is 7. The fourth-order valence-corrected chi connectivity index (χ4v) is 23.2. The zero-order chi connectivity index (χ0) is 96.3. The Bertz CT molecular complexity index is 5440. The molecule has 4 saturated carbocycles. The maximum Gasteiger partial charge on any atom is 0.410 e. The van der Waals surface area contributed by atoms with E-state index in [2.05, 4.69) is 125 Å².